The fraction of sp³-hybridized carbons (Fsp3) is 0.581. The molecule has 3 aromatic rings. The molecule has 0 saturated carbocycles. The van der Waals surface area contributed by atoms with Crippen molar-refractivity contribution < 1.29 is 13.2 Å². The zero-order valence-electron chi connectivity index (χ0n) is 24.6. The van der Waals surface area contributed by atoms with Crippen LogP contribution in [0.3, 0.4) is 0 Å². The first-order chi connectivity index (χ1) is 19.5. The van der Waals surface area contributed by atoms with Gasteiger partial charge in [0.05, 0.1) is 10.3 Å². The number of carbonyl (C=O) groups excluding carboxylic acids is 1. The van der Waals surface area contributed by atoms with Crippen LogP contribution in [-0.2, 0) is 22.9 Å². The number of piperidine rings is 1. The third-order valence-electron chi connectivity index (χ3n) is 9.37. The summed E-state index contributed by atoms with van der Waals surface area (Å²) in [6, 6.07) is 6.49. The molecule has 2 aliphatic heterocycles. The van der Waals surface area contributed by atoms with Gasteiger partial charge >= 0.3 is 0 Å². The first kappa shape index (κ1) is 28.6. The summed E-state index contributed by atoms with van der Waals surface area (Å²) in [6.45, 7) is 12.1. The van der Waals surface area contributed by atoms with Crippen LogP contribution in [0, 0.1) is 11.3 Å². The summed E-state index contributed by atoms with van der Waals surface area (Å²) in [6.07, 6.45) is 7.88. The van der Waals surface area contributed by atoms with Gasteiger partial charge < -0.3 is 9.80 Å². The Balaban J connectivity index is 1.14. The highest BCUT2D eigenvalue weighted by Crippen LogP contribution is 2.44. The van der Waals surface area contributed by atoms with Gasteiger partial charge in [-0.2, -0.15) is 4.31 Å². The predicted molar refractivity (Wildman–Crippen MR) is 164 cm³/mol. The summed E-state index contributed by atoms with van der Waals surface area (Å²) in [5, 5.41) is 1.21. The summed E-state index contributed by atoms with van der Waals surface area (Å²) in [7, 11) is -3.56. The summed E-state index contributed by atoms with van der Waals surface area (Å²) in [5.74, 6) is 1.61. The van der Waals surface area contributed by atoms with Gasteiger partial charge in [-0.15, -0.1) is 11.3 Å². The van der Waals surface area contributed by atoms with Crippen LogP contribution in [-0.4, -0.2) is 72.3 Å². The molecule has 220 valence electrons. The molecule has 8 nitrogen and oxygen atoms in total. The number of amides is 1. The normalized spacial score (nSPS) is 22.6. The van der Waals surface area contributed by atoms with Crippen LogP contribution >= 0.6 is 11.3 Å². The van der Waals surface area contributed by atoms with Crippen molar-refractivity contribution in [2.45, 2.75) is 77.2 Å². The van der Waals surface area contributed by atoms with Gasteiger partial charge in [0, 0.05) is 49.2 Å². The molecular weight excluding hydrogens is 555 g/mol. The second-order valence-corrected chi connectivity index (χ2v) is 15.9. The highest BCUT2D eigenvalue weighted by Gasteiger charge is 2.34. The molecule has 2 unspecified atom stereocenters. The number of thiophene rings is 1. The number of nitrogens with zero attached hydrogens (tertiary/aromatic N) is 5. The van der Waals surface area contributed by atoms with Gasteiger partial charge in [-0.25, -0.2) is 18.4 Å². The van der Waals surface area contributed by atoms with Crippen LogP contribution in [0.5, 0.6) is 0 Å². The fourth-order valence-electron chi connectivity index (χ4n) is 6.71. The number of hydrogen-bond donors (Lipinski definition) is 0. The lowest BCUT2D eigenvalue weighted by Crippen LogP contribution is -2.49. The lowest BCUT2D eigenvalue weighted by molar-refractivity contribution is 0.0746. The Bertz CT molecular complexity index is 1540. The van der Waals surface area contributed by atoms with Gasteiger partial charge in [-0.1, -0.05) is 27.2 Å². The minimum Gasteiger partial charge on any atom is -0.352 e. The van der Waals surface area contributed by atoms with Gasteiger partial charge in [-0.05, 0) is 80.2 Å². The Hall–Kier alpha value is -2.56. The number of aryl methyl sites for hydroxylation is 1. The lowest BCUT2D eigenvalue weighted by Gasteiger charge is -2.36. The molecule has 41 heavy (non-hydrogen) atoms. The molecule has 2 aromatic heterocycles. The fourth-order valence-corrected chi connectivity index (χ4v) is 9.67. The number of anilines is 1. The van der Waals surface area contributed by atoms with E-state index in [-0.39, 0.29) is 16.8 Å². The van der Waals surface area contributed by atoms with Gasteiger partial charge in [0.2, 0.25) is 10.0 Å². The standard InChI is InChI=1S/C31H41N5O3S2/c1-21-7-5-6-14-36(21)41(38,39)24-11-8-22(9-12-24)30(37)35-17-15-34(16-18-35)28-27-25-13-10-23(31(2,3)4)19-26(25)40-29(27)33-20-32-28/h8-9,11-12,20-21,23H,5-7,10,13-19H2,1-4H3. The van der Waals surface area contributed by atoms with E-state index in [9.17, 15) is 13.2 Å². The molecule has 10 heteroatoms. The van der Waals surface area contributed by atoms with Gasteiger partial charge in [0.1, 0.15) is 17.0 Å². The van der Waals surface area contributed by atoms with Gasteiger partial charge in [0.15, 0.2) is 0 Å². The highest BCUT2D eigenvalue weighted by molar-refractivity contribution is 7.89. The van der Waals surface area contributed by atoms with Crippen molar-refractivity contribution in [1.29, 1.82) is 0 Å². The summed E-state index contributed by atoms with van der Waals surface area (Å²) < 4.78 is 28.0. The van der Waals surface area contributed by atoms with Crippen LogP contribution < -0.4 is 4.90 Å². The van der Waals surface area contributed by atoms with Crippen molar-refractivity contribution in [3.05, 3.63) is 46.6 Å². The highest BCUT2D eigenvalue weighted by atomic mass is 32.2. The van der Waals surface area contributed by atoms with Crippen LogP contribution in [0.15, 0.2) is 35.5 Å². The smallest absolute Gasteiger partial charge is 0.253 e. The number of rotatable bonds is 4. The molecule has 0 spiro atoms. The van der Waals surface area contributed by atoms with Crippen LogP contribution in [0.2, 0.25) is 0 Å². The van der Waals surface area contributed by atoms with Crippen molar-refractivity contribution in [1.82, 2.24) is 19.2 Å². The van der Waals surface area contributed by atoms with E-state index in [1.165, 1.54) is 22.2 Å². The summed E-state index contributed by atoms with van der Waals surface area (Å²) in [5.41, 5.74) is 2.24. The summed E-state index contributed by atoms with van der Waals surface area (Å²) >= 11 is 1.82. The number of sulfonamides is 1. The molecule has 3 aliphatic rings. The number of aromatic nitrogens is 2. The molecule has 4 heterocycles. The first-order valence-corrected chi connectivity index (χ1v) is 17.2. The van der Waals surface area contributed by atoms with E-state index >= 15 is 0 Å². The average molecular weight is 596 g/mol. The molecule has 1 aromatic carbocycles. The zero-order valence-corrected chi connectivity index (χ0v) is 26.2. The third-order valence-corrected chi connectivity index (χ3v) is 12.6. The first-order valence-electron chi connectivity index (χ1n) is 15.0. The van der Waals surface area contributed by atoms with Crippen molar-refractivity contribution in [2.75, 3.05) is 37.6 Å². The second-order valence-electron chi connectivity index (χ2n) is 13.0. The minimum absolute atomic E-state index is 0.00228. The Morgan fingerprint density at radius 2 is 1.71 bits per heavy atom. The summed E-state index contributed by atoms with van der Waals surface area (Å²) in [4.78, 5) is 29.7. The molecule has 0 radical (unpaired) electrons. The Morgan fingerprint density at radius 3 is 2.39 bits per heavy atom. The molecule has 1 amide bonds. The van der Waals surface area contributed by atoms with E-state index in [0.717, 1.165) is 42.8 Å². The zero-order chi connectivity index (χ0) is 28.9. The van der Waals surface area contributed by atoms with Crippen molar-refractivity contribution >= 4 is 43.3 Å². The number of piperazine rings is 1. The van der Waals surface area contributed by atoms with E-state index in [2.05, 4.69) is 30.7 Å². The third kappa shape index (κ3) is 5.39. The van der Waals surface area contributed by atoms with Crippen molar-refractivity contribution in [3.63, 3.8) is 0 Å². The predicted octanol–water partition coefficient (Wildman–Crippen LogP) is 5.37. The quantitative estimate of drug-likeness (QED) is 0.403. The van der Waals surface area contributed by atoms with E-state index in [1.807, 2.05) is 23.2 Å². The van der Waals surface area contributed by atoms with Gasteiger partial charge in [0.25, 0.3) is 5.91 Å². The topological polar surface area (TPSA) is 86.7 Å². The van der Waals surface area contributed by atoms with Crippen molar-refractivity contribution in [2.24, 2.45) is 11.3 Å². The molecule has 2 atom stereocenters. The number of carbonyl (C=O) groups is 1. The Morgan fingerprint density at radius 1 is 0.976 bits per heavy atom. The lowest BCUT2D eigenvalue weighted by atomic mass is 9.72. The minimum atomic E-state index is -3.56. The largest absolute Gasteiger partial charge is 0.352 e. The number of benzene rings is 1. The molecule has 0 N–H and O–H groups in total. The monoisotopic (exact) mass is 595 g/mol. The molecule has 1 aliphatic carbocycles. The van der Waals surface area contributed by atoms with E-state index < -0.39 is 10.0 Å². The molecule has 2 saturated heterocycles. The van der Waals surface area contributed by atoms with Crippen LogP contribution in [0.1, 0.15) is 74.2 Å². The number of fused-ring (bicyclic) bond motifs is 3. The maximum Gasteiger partial charge on any atom is 0.253 e. The van der Waals surface area contributed by atoms with E-state index in [4.69, 9.17) is 4.98 Å². The second kappa shape index (κ2) is 10.9. The maximum atomic E-state index is 13.4. The molecule has 0 bridgehead atoms. The SMILES string of the molecule is CC1CCCCN1S(=O)(=O)c1ccc(C(=O)N2CCN(c3ncnc4sc5c(c34)CCC(C(C)(C)C)C5)CC2)cc1. The van der Waals surface area contributed by atoms with Crippen molar-refractivity contribution in [3.8, 4) is 0 Å². The number of hydrogen-bond acceptors (Lipinski definition) is 7. The van der Waals surface area contributed by atoms with E-state index in [0.29, 0.717) is 49.6 Å². The van der Waals surface area contributed by atoms with Crippen LogP contribution in [0.25, 0.3) is 10.2 Å². The van der Waals surface area contributed by atoms with Crippen LogP contribution in [0.4, 0.5) is 5.82 Å². The molecular formula is C31H41N5O3S2. The van der Waals surface area contributed by atoms with E-state index in [1.54, 1.807) is 34.9 Å². The maximum absolute atomic E-state index is 13.4. The molecule has 6 rings (SSSR count). The Labute approximate surface area is 247 Å². The molecule has 2 fully saturated rings. The van der Waals surface area contributed by atoms with Gasteiger partial charge in [-0.3, -0.25) is 4.79 Å². The Kier molecular flexibility index (Phi) is 7.61. The average Bonchev–Trinajstić information content (AvgIpc) is 3.35.